The molecule has 1 heterocycles. The Morgan fingerprint density at radius 3 is 2.60 bits per heavy atom. The van der Waals surface area contributed by atoms with Gasteiger partial charge in [-0.25, -0.2) is 4.98 Å². The number of aromatic amines is 1. The van der Waals surface area contributed by atoms with Crippen molar-refractivity contribution in [3.8, 4) is 0 Å². The standard InChI is InChI=1S/C5H4Cl2N2O/c1-2-3(6)8-5(7)9-4(2)10/h1H3,(H,8,9,10). The quantitative estimate of drug-likeness (QED) is 0.483. The molecule has 1 N–H and O–H groups in total. The largest absolute Gasteiger partial charge is 0.297 e. The molecule has 1 aromatic heterocycles. The second-order valence-electron chi connectivity index (χ2n) is 1.77. The molecule has 0 saturated carbocycles. The van der Waals surface area contributed by atoms with Crippen LogP contribution in [-0.2, 0) is 0 Å². The molecule has 0 radical (unpaired) electrons. The molecule has 0 aromatic carbocycles. The van der Waals surface area contributed by atoms with Crippen LogP contribution in [0.2, 0.25) is 10.4 Å². The third kappa shape index (κ3) is 1.30. The molecule has 0 spiro atoms. The third-order valence-corrected chi connectivity index (χ3v) is 1.61. The van der Waals surface area contributed by atoms with Gasteiger partial charge in [-0.15, -0.1) is 0 Å². The van der Waals surface area contributed by atoms with Crippen molar-refractivity contribution in [2.24, 2.45) is 0 Å². The van der Waals surface area contributed by atoms with Gasteiger partial charge in [-0.2, -0.15) is 0 Å². The van der Waals surface area contributed by atoms with Crippen molar-refractivity contribution >= 4 is 23.2 Å². The highest BCUT2D eigenvalue weighted by atomic mass is 35.5. The molecular weight excluding hydrogens is 175 g/mol. The van der Waals surface area contributed by atoms with Crippen LogP contribution in [0.3, 0.4) is 0 Å². The predicted octanol–water partition coefficient (Wildman–Crippen LogP) is 1.39. The second-order valence-corrected chi connectivity index (χ2v) is 2.49. The minimum absolute atomic E-state index is 0.0144. The van der Waals surface area contributed by atoms with E-state index in [9.17, 15) is 4.79 Å². The van der Waals surface area contributed by atoms with E-state index in [2.05, 4.69) is 9.97 Å². The van der Waals surface area contributed by atoms with E-state index < -0.39 is 0 Å². The van der Waals surface area contributed by atoms with Gasteiger partial charge in [-0.3, -0.25) is 9.78 Å². The summed E-state index contributed by atoms with van der Waals surface area (Å²) in [6, 6.07) is 0. The molecule has 1 rings (SSSR count). The molecule has 0 aliphatic rings. The lowest BCUT2D eigenvalue weighted by molar-refractivity contribution is 1.08. The molecule has 54 valence electrons. The fourth-order valence-electron chi connectivity index (χ4n) is 0.479. The number of aromatic nitrogens is 2. The summed E-state index contributed by atoms with van der Waals surface area (Å²) in [5, 5.41) is 0.161. The Morgan fingerprint density at radius 1 is 1.50 bits per heavy atom. The van der Waals surface area contributed by atoms with Gasteiger partial charge >= 0.3 is 0 Å². The highest BCUT2D eigenvalue weighted by molar-refractivity contribution is 6.32. The number of rotatable bonds is 0. The van der Waals surface area contributed by atoms with Crippen LogP contribution >= 0.6 is 23.2 Å². The molecule has 3 nitrogen and oxygen atoms in total. The summed E-state index contributed by atoms with van der Waals surface area (Å²) in [7, 11) is 0. The number of nitrogens with zero attached hydrogens (tertiary/aromatic N) is 1. The average molecular weight is 179 g/mol. The number of halogens is 2. The number of nitrogens with one attached hydrogen (secondary N) is 1. The molecule has 10 heavy (non-hydrogen) atoms. The Morgan fingerprint density at radius 2 is 2.10 bits per heavy atom. The zero-order valence-corrected chi connectivity index (χ0v) is 6.62. The Balaban J connectivity index is 3.46. The fraction of sp³-hybridized carbons (Fsp3) is 0.200. The van der Waals surface area contributed by atoms with E-state index in [1.807, 2.05) is 0 Å². The SMILES string of the molecule is Cc1c(Cl)nc(Cl)[nH]c1=O. The number of hydrogen-bond donors (Lipinski definition) is 1. The van der Waals surface area contributed by atoms with Crippen LogP contribution in [0.1, 0.15) is 5.56 Å². The Labute approximate surface area is 67.0 Å². The van der Waals surface area contributed by atoms with Crippen LogP contribution in [0.25, 0.3) is 0 Å². The maximum Gasteiger partial charge on any atom is 0.256 e. The van der Waals surface area contributed by atoms with Crippen LogP contribution in [0, 0.1) is 6.92 Å². The van der Waals surface area contributed by atoms with Crippen LogP contribution in [0.15, 0.2) is 4.79 Å². The monoisotopic (exact) mass is 178 g/mol. The summed E-state index contributed by atoms with van der Waals surface area (Å²) in [5.41, 5.74) is 0.0797. The smallest absolute Gasteiger partial charge is 0.256 e. The molecule has 0 amide bonds. The van der Waals surface area contributed by atoms with Gasteiger partial charge in [0.2, 0.25) is 5.28 Å². The summed E-state index contributed by atoms with van der Waals surface area (Å²) in [6.45, 7) is 1.57. The molecule has 0 aliphatic carbocycles. The van der Waals surface area contributed by atoms with Crippen LogP contribution in [0.4, 0.5) is 0 Å². The van der Waals surface area contributed by atoms with E-state index >= 15 is 0 Å². The van der Waals surface area contributed by atoms with Crippen LogP contribution in [-0.4, -0.2) is 9.97 Å². The average Bonchev–Trinajstić information content (AvgIpc) is 1.82. The molecular formula is C5H4Cl2N2O. The van der Waals surface area contributed by atoms with E-state index in [0.717, 1.165) is 0 Å². The molecule has 0 fully saturated rings. The fourth-order valence-corrected chi connectivity index (χ4v) is 0.863. The van der Waals surface area contributed by atoms with Crippen LogP contribution < -0.4 is 5.56 Å². The zero-order valence-electron chi connectivity index (χ0n) is 5.11. The molecule has 0 saturated heterocycles. The van der Waals surface area contributed by atoms with Crippen molar-refractivity contribution in [3.05, 3.63) is 26.4 Å². The molecule has 5 heteroatoms. The minimum atomic E-state index is -0.301. The van der Waals surface area contributed by atoms with E-state index in [0.29, 0.717) is 5.56 Å². The molecule has 0 atom stereocenters. The van der Waals surface area contributed by atoms with Gasteiger partial charge in [0, 0.05) is 0 Å². The molecule has 1 aromatic rings. The first-order chi connectivity index (χ1) is 4.61. The van der Waals surface area contributed by atoms with Crippen molar-refractivity contribution in [2.45, 2.75) is 6.92 Å². The van der Waals surface area contributed by atoms with E-state index in [-0.39, 0.29) is 16.0 Å². The number of hydrogen-bond acceptors (Lipinski definition) is 2. The Bertz CT molecular complexity index is 307. The van der Waals surface area contributed by atoms with Gasteiger partial charge in [0.15, 0.2) is 0 Å². The maximum absolute atomic E-state index is 10.8. The second kappa shape index (κ2) is 2.60. The lowest BCUT2D eigenvalue weighted by Crippen LogP contribution is -2.10. The van der Waals surface area contributed by atoms with E-state index in [4.69, 9.17) is 23.2 Å². The van der Waals surface area contributed by atoms with Gasteiger partial charge in [-0.1, -0.05) is 11.6 Å². The Kier molecular flexibility index (Phi) is 1.97. The van der Waals surface area contributed by atoms with Gasteiger partial charge < -0.3 is 0 Å². The first kappa shape index (κ1) is 7.57. The summed E-state index contributed by atoms with van der Waals surface area (Å²) in [6.07, 6.45) is 0. The van der Waals surface area contributed by atoms with Crippen molar-refractivity contribution in [1.82, 2.24) is 9.97 Å². The third-order valence-electron chi connectivity index (χ3n) is 1.06. The normalized spacial score (nSPS) is 9.90. The first-order valence-electron chi connectivity index (χ1n) is 2.53. The maximum atomic E-state index is 10.8. The Hall–Kier alpha value is -0.540. The zero-order chi connectivity index (χ0) is 7.72. The van der Waals surface area contributed by atoms with Crippen molar-refractivity contribution < 1.29 is 0 Å². The van der Waals surface area contributed by atoms with Gasteiger partial charge in [0.25, 0.3) is 5.56 Å². The van der Waals surface area contributed by atoms with Gasteiger partial charge in [-0.05, 0) is 18.5 Å². The van der Waals surface area contributed by atoms with Crippen molar-refractivity contribution in [2.75, 3.05) is 0 Å². The van der Waals surface area contributed by atoms with Crippen LogP contribution in [0.5, 0.6) is 0 Å². The number of H-pyrrole nitrogens is 1. The highest BCUT2D eigenvalue weighted by Gasteiger charge is 2.01. The van der Waals surface area contributed by atoms with Crippen molar-refractivity contribution in [3.63, 3.8) is 0 Å². The minimum Gasteiger partial charge on any atom is -0.297 e. The molecule has 0 bridgehead atoms. The molecule has 0 aliphatic heterocycles. The van der Waals surface area contributed by atoms with E-state index in [1.165, 1.54) is 0 Å². The summed E-state index contributed by atoms with van der Waals surface area (Å²) in [4.78, 5) is 16.7. The van der Waals surface area contributed by atoms with Gasteiger partial charge in [0.05, 0.1) is 5.56 Å². The first-order valence-corrected chi connectivity index (χ1v) is 3.29. The topological polar surface area (TPSA) is 45.8 Å². The van der Waals surface area contributed by atoms with Crippen molar-refractivity contribution in [1.29, 1.82) is 0 Å². The molecule has 0 unspecified atom stereocenters. The summed E-state index contributed by atoms with van der Waals surface area (Å²) >= 11 is 10.9. The highest BCUT2D eigenvalue weighted by Crippen LogP contribution is 2.08. The lowest BCUT2D eigenvalue weighted by atomic mass is 10.4. The summed E-state index contributed by atoms with van der Waals surface area (Å²) in [5.74, 6) is 0. The predicted molar refractivity (Wildman–Crippen MR) is 39.6 cm³/mol. The van der Waals surface area contributed by atoms with E-state index in [1.54, 1.807) is 6.92 Å². The summed E-state index contributed by atoms with van der Waals surface area (Å²) < 4.78 is 0. The lowest BCUT2D eigenvalue weighted by Gasteiger charge is -1.93. The van der Waals surface area contributed by atoms with Gasteiger partial charge in [0.1, 0.15) is 5.15 Å².